The van der Waals surface area contributed by atoms with Crippen molar-refractivity contribution in [2.75, 3.05) is 11.3 Å². The third-order valence-corrected chi connectivity index (χ3v) is 9.71. The maximum Gasteiger partial charge on any atom is 0.263 e. The second-order valence-electron chi connectivity index (χ2n) is 11.2. The molecule has 1 N–H and O–H groups in total. The number of ether oxygens (including phenoxy) is 1. The molecule has 1 saturated carbocycles. The summed E-state index contributed by atoms with van der Waals surface area (Å²) in [6.07, 6.45) is 6.51. The standard InChI is InChI=1S/C31H39BN4O5S/c1-4-6-13-27-33-31(16-9-10-17-31)30(37)36(27)19-22-14-15-24(23(18-22)20-40-5-2)25-11-7-8-12-26(25)42(38,39)35-29-28(32)21(3)41-34-29/h7-8,11-12,14-15,18H,4-6,9-10,13,16-17,19-20,32H2,1-3H3,(H,34,35). The molecule has 9 nitrogen and oxygen atoms in total. The molecule has 1 amide bonds. The molecular weight excluding hydrogens is 551 g/mol. The minimum absolute atomic E-state index is 0.113. The number of carbonyl (C=O) groups excluding carboxylic acids is 1. The molecule has 0 radical (unpaired) electrons. The van der Waals surface area contributed by atoms with Crippen LogP contribution in [0, 0.1) is 6.92 Å². The molecule has 1 spiro atoms. The Morgan fingerprint density at radius 2 is 1.88 bits per heavy atom. The van der Waals surface area contributed by atoms with Gasteiger partial charge in [0.2, 0.25) is 0 Å². The van der Waals surface area contributed by atoms with Crippen molar-refractivity contribution < 1.29 is 22.5 Å². The van der Waals surface area contributed by atoms with Crippen LogP contribution in [0.1, 0.15) is 75.7 Å². The van der Waals surface area contributed by atoms with E-state index < -0.39 is 15.6 Å². The fourth-order valence-corrected chi connectivity index (χ4v) is 7.12. The Labute approximate surface area is 249 Å². The fourth-order valence-electron chi connectivity index (χ4n) is 5.84. The number of aromatic nitrogens is 1. The van der Waals surface area contributed by atoms with E-state index in [1.165, 1.54) is 0 Å². The van der Waals surface area contributed by atoms with Gasteiger partial charge in [0.15, 0.2) is 5.82 Å². The predicted octanol–water partition coefficient (Wildman–Crippen LogP) is 4.49. The zero-order valence-corrected chi connectivity index (χ0v) is 25.7. The van der Waals surface area contributed by atoms with Crippen LogP contribution in [0.2, 0.25) is 0 Å². The van der Waals surface area contributed by atoms with Gasteiger partial charge in [0.1, 0.15) is 25.0 Å². The fraction of sp³-hybridized carbons (Fsp3) is 0.452. The molecular formula is C31H39BN4O5S. The molecule has 1 aliphatic carbocycles. The van der Waals surface area contributed by atoms with E-state index in [4.69, 9.17) is 14.3 Å². The lowest BCUT2D eigenvalue weighted by Crippen LogP contribution is -2.40. The third-order valence-electron chi connectivity index (χ3n) is 8.31. The second kappa shape index (κ2) is 12.4. The lowest BCUT2D eigenvalue weighted by atomic mass is 9.96. The molecule has 2 aliphatic rings. The lowest BCUT2D eigenvalue weighted by molar-refractivity contribution is -0.131. The van der Waals surface area contributed by atoms with Crippen molar-refractivity contribution in [2.45, 2.75) is 89.3 Å². The third kappa shape index (κ3) is 5.90. The monoisotopic (exact) mass is 590 g/mol. The summed E-state index contributed by atoms with van der Waals surface area (Å²) >= 11 is 0. The van der Waals surface area contributed by atoms with Crippen LogP contribution >= 0.6 is 0 Å². The first-order valence-electron chi connectivity index (χ1n) is 14.8. The summed E-state index contributed by atoms with van der Waals surface area (Å²) in [5.74, 6) is 1.72. The van der Waals surface area contributed by atoms with Gasteiger partial charge in [0.25, 0.3) is 15.9 Å². The molecule has 1 aliphatic heterocycles. The molecule has 1 aromatic heterocycles. The molecule has 0 saturated heterocycles. The largest absolute Gasteiger partial charge is 0.377 e. The maximum atomic E-state index is 13.7. The van der Waals surface area contributed by atoms with Gasteiger partial charge in [0.05, 0.1) is 18.0 Å². The average Bonchev–Trinajstić information content (AvgIpc) is 3.66. The predicted molar refractivity (Wildman–Crippen MR) is 166 cm³/mol. The Morgan fingerprint density at radius 1 is 1.12 bits per heavy atom. The van der Waals surface area contributed by atoms with Crippen molar-refractivity contribution in [3.05, 3.63) is 59.4 Å². The van der Waals surface area contributed by atoms with Crippen LogP contribution in [-0.4, -0.2) is 50.2 Å². The number of amides is 1. The van der Waals surface area contributed by atoms with Gasteiger partial charge >= 0.3 is 0 Å². The summed E-state index contributed by atoms with van der Waals surface area (Å²) < 4.78 is 40.7. The highest BCUT2D eigenvalue weighted by Crippen LogP contribution is 2.40. The average molecular weight is 591 g/mol. The SMILES string of the molecule is Bc1c(NS(=O)(=O)c2ccccc2-c2ccc(CN3C(=O)C4(CCCC4)N=C3CCCC)cc2COCC)noc1C. The molecule has 2 aromatic carbocycles. The number of hydrogen-bond donors (Lipinski definition) is 1. The van der Waals surface area contributed by atoms with E-state index in [-0.39, 0.29) is 16.6 Å². The number of amidine groups is 1. The van der Waals surface area contributed by atoms with E-state index in [0.29, 0.717) is 36.5 Å². The highest BCUT2D eigenvalue weighted by Gasteiger charge is 2.49. The smallest absolute Gasteiger partial charge is 0.263 e. The van der Waals surface area contributed by atoms with Crippen molar-refractivity contribution in [2.24, 2.45) is 4.99 Å². The molecule has 42 heavy (non-hydrogen) atoms. The molecule has 0 bridgehead atoms. The normalized spacial score (nSPS) is 16.4. The van der Waals surface area contributed by atoms with Gasteiger partial charge < -0.3 is 9.26 Å². The van der Waals surface area contributed by atoms with E-state index in [2.05, 4.69) is 16.8 Å². The number of carbonyl (C=O) groups is 1. The van der Waals surface area contributed by atoms with Crippen molar-refractivity contribution in [1.29, 1.82) is 0 Å². The first-order chi connectivity index (χ1) is 20.2. The van der Waals surface area contributed by atoms with Crippen LogP contribution in [0.4, 0.5) is 5.82 Å². The van der Waals surface area contributed by atoms with Gasteiger partial charge in [0, 0.05) is 18.6 Å². The summed E-state index contributed by atoms with van der Waals surface area (Å²) in [5, 5.41) is 3.88. The van der Waals surface area contributed by atoms with Gasteiger partial charge in [-0.25, -0.2) is 8.42 Å². The molecule has 3 aromatic rings. The van der Waals surface area contributed by atoms with Crippen molar-refractivity contribution in [1.82, 2.24) is 10.1 Å². The van der Waals surface area contributed by atoms with Crippen molar-refractivity contribution >= 4 is 40.9 Å². The maximum absolute atomic E-state index is 13.7. The minimum Gasteiger partial charge on any atom is -0.377 e. The van der Waals surface area contributed by atoms with E-state index in [1.807, 2.05) is 36.1 Å². The Hall–Kier alpha value is -3.44. The van der Waals surface area contributed by atoms with Crippen LogP contribution in [0.5, 0.6) is 0 Å². The van der Waals surface area contributed by atoms with Gasteiger partial charge in [-0.3, -0.25) is 19.4 Å². The van der Waals surface area contributed by atoms with Crippen molar-refractivity contribution in [3.63, 3.8) is 0 Å². The van der Waals surface area contributed by atoms with Crippen LogP contribution in [0.25, 0.3) is 11.1 Å². The van der Waals surface area contributed by atoms with Crippen LogP contribution < -0.4 is 10.2 Å². The minimum atomic E-state index is -3.99. The summed E-state index contributed by atoms with van der Waals surface area (Å²) in [4.78, 5) is 20.7. The Balaban J connectivity index is 1.49. The highest BCUT2D eigenvalue weighted by molar-refractivity contribution is 7.92. The molecule has 2 heterocycles. The Morgan fingerprint density at radius 3 is 2.57 bits per heavy atom. The van der Waals surface area contributed by atoms with E-state index in [1.54, 1.807) is 33.0 Å². The van der Waals surface area contributed by atoms with Crippen LogP contribution in [0.15, 0.2) is 56.9 Å². The first-order valence-corrected chi connectivity index (χ1v) is 16.3. The lowest BCUT2D eigenvalue weighted by Gasteiger charge is -2.23. The number of anilines is 1. The summed E-state index contributed by atoms with van der Waals surface area (Å²) in [6.45, 7) is 7.04. The van der Waals surface area contributed by atoms with Gasteiger partial charge in [-0.2, -0.15) is 0 Å². The molecule has 0 unspecified atom stereocenters. The van der Waals surface area contributed by atoms with Crippen LogP contribution in [0.3, 0.4) is 0 Å². The molecule has 222 valence electrons. The number of nitrogens with zero attached hydrogens (tertiary/aromatic N) is 3. The summed E-state index contributed by atoms with van der Waals surface area (Å²) in [5.41, 5.74) is 3.15. The van der Waals surface area contributed by atoms with Gasteiger partial charge in [-0.1, -0.05) is 67.7 Å². The molecule has 0 atom stereocenters. The topological polar surface area (TPSA) is 114 Å². The number of nitrogens with one attached hydrogen (secondary N) is 1. The zero-order valence-electron chi connectivity index (χ0n) is 24.9. The second-order valence-corrected chi connectivity index (χ2v) is 12.9. The molecule has 1 fully saturated rings. The van der Waals surface area contributed by atoms with Crippen LogP contribution in [-0.2, 0) is 32.7 Å². The number of aliphatic imine (C=N–C) groups is 1. The van der Waals surface area contributed by atoms with Gasteiger partial charge in [-0.05, 0) is 61.3 Å². The Kier molecular flexibility index (Phi) is 8.89. The van der Waals surface area contributed by atoms with E-state index in [0.717, 1.165) is 67.5 Å². The number of sulfonamides is 1. The Bertz CT molecular complexity index is 1590. The number of aryl methyl sites for hydroxylation is 1. The first kappa shape index (κ1) is 30.0. The molecule has 5 rings (SSSR count). The summed E-state index contributed by atoms with van der Waals surface area (Å²) in [6, 6.07) is 12.8. The molecule has 11 heteroatoms. The number of hydrogen-bond acceptors (Lipinski definition) is 7. The van der Waals surface area contributed by atoms with E-state index >= 15 is 0 Å². The van der Waals surface area contributed by atoms with Gasteiger partial charge in [-0.15, -0.1) is 0 Å². The van der Waals surface area contributed by atoms with E-state index in [9.17, 15) is 13.2 Å². The number of rotatable bonds is 12. The number of benzene rings is 2. The quantitative estimate of drug-likeness (QED) is 0.311. The summed E-state index contributed by atoms with van der Waals surface area (Å²) in [7, 11) is -2.23. The zero-order chi connectivity index (χ0) is 29.9. The number of unbranched alkanes of at least 4 members (excludes halogenated alkanes) is 1. The van der Waals surface area contributed by atoms with Crippen molar-refractivity contribution in [3.8, 4) is 11.1 Å². The highest BCUT2D eigenvalue weighted by atomic mass is 32.2.